The zero-order valence-electron chi connectivity index (χ0n) is 6.05. The largest absolute Gasteiger partial charge is 0.323 e. The standard InChI is InChI=1S/C8H11NO/c1-4-6-7(3)9-8(10)5-2/h4-6H,2-3H2,1H3,(H,9,10)/b6-4-. The fourth-order valence-electron chi connectivity index (χ4n) is 0.452. The second-order valence-corrected chi connectivity index (χ2v) is 1.72. The van der Waals surface area contributed by atoms with Gasteiger partial charge in [-0.3, -0.25) is 4.79 Å². The SMILES string of the molecule is C=CC(=O)NC(=C)/C=C\C. The number of rotatable bonds is 3. The van der Waals surface area contributed by atoms with Crippen molar-refractivity contribution in [2.24, 2.45) is 0 Å². The van der Waals surface area contributed by atoms with Gasteiger partial charge in [0.05, 0.1) is 0 Å². The van der Waals surface area contributed by atoms with Crippen molar-refractivity contribution >= 4 is 5.91 Å². The topological polar surface area (TPSA) is 29.1 Å². The molecule has 0 atom stereocenters. The Hall–Kier alpha value is -1.31. The van der Waals surface area contributed by atoms with Gasteiger partial charge in [0.1, 0.15) is 0 Å². The molecule has 1 N–H and O–H groups in total. The Bertz CT molecular complexity index is 180. The van der Waals surface area contributed by atoms with Crippen LogP contribution in [0.5, 0.6) is 0 Å². The number of hydrogen-bond acceptors (Lipinski definition) is 1. The van der Waals surface area contributed by atoms with Crippen LogP contribution < -0.4 is 5.32 Å². The third-order valence-electron chi connectivity index (χ3n) is 0.837. The highest BCUT2D eigenvalue weighted by molar-refractivity contribution is 5.88. The maximum atomic E-state index is 10.6. The second kappa shape index (κ2) is 4.56. The fraction of sp³-hybridized carbons (Fsp3) is 0.125. The highest BCUT2D eigenvalue weighted by Gasteiger charge is 1.91. The van der Waals surface area contributed by atoms with Crippen LogP contribution in [0.4, 0.5) is 0 Å². The van der Waals surface area contributed by atoms with Crippen molar-refractivity contribution in [1.82, 2.24) is 5.32 Å². The smallest absolute Gasteiger partial charge is 0.247 e. The van der Waals surface area contributed by atoms with Crippen LogP contribution in [-0.4, -0.2) is 5.91 Å². The van der Waals surface area contributed by atoms with Crippen molar-refractivity contribution < 1.29 is 4.79 Å². The van der Waals surface area contributed by atoms with Crippen LogP contribution in [-0.2, 0) is 4.79 Å². The van der Waals surface area contributed by atoms with Gasteiger partial charge in [-0.15, -0.1) is 0 Å². The first-order valence-electron chi connectivity index (χ1n) is 2.95. The predicted molar refractivity (Wildman–Crippen MR) is 42.3 cm³/mol. The van der Waals surface area contributed by atoms with Crippen molar-refractivity contribution in [2.75, 3.05) is 0 Å². The summed E-state index contributed by atoms with van der Waals surface area (Å²) < 4.78 is 0. The number of hydrogen-bond donors (Lipinski definition) is 1. The van der Waals surface area contributed by atoms with Crippen molar-refractivity contribution in [3.63, 3.8) is 0 Å². The molecule has 0 unspecified atom stereocenters. The molecule has 0 fully saturated rings. The number of allylic oxidation sites excluding steroid dienone is 2. The third-order valence-corrected chi connectivity index (χ3v) is 0.837. The molecule has 0 bridgehead atoms. The molecular weight excluding hydrogens is 126 g/mol. The molecule has 0 saturated heterocycles. The summed E-state index contributed by atoms with van der Waals surface area (Å²) in [4.78, 5) is 10.6. The average Bonchev–Trinajstić information content (AvgIpc) is 1.88. The Kier molecular flexibility index (Phi) is 3.96. The van der Waals surface area contributed by atoms with Crippen LogP contribution in [0.25, 0.3) is 0 Å². The molecule has 0 aliphatic rings. The average molecular weight is 137 g/mol. The normalized spacial score (nSPS) is 9.30. The van der Waals surface area contributed by atoms with Gasteiger partial charge in [-0.05, 0) is 19.1 Å². The van der Waals surface area contributed by atoms with Crippen LogP contribution in [0.1, 0.15) is 6.92 Å². The summed E-state index contributed by atoms with van der Waals surface area (Å²) >= 11 is 0. The van der Waals surface area contributed by atoms with Crippen LogP contribution in [0.15, 0.2) is 37.1 Å². The molecule has 2 nitrogen and oxygen atoms in total. The minimum atomic E-state index is -0.233. The van der Waals surface area contributed by atoms with Gasteiger partial charge in [-0.2, -0.15) is 0 Å². The van der Waals surface area contributed by atoms with Crippen molar-refractivity contribution in [3.05, 3.63) is 37.1 Å². The number of amides is 1. The molecule has 0 saturated carbocycles. The van der Waals surface area contributed by atoms with E-state index < -0.39 is 0 Å². The van der Waals surface area contributed by atoms with Gasteiger partial charge in [-0.25, -0.2) is 0 Å². The minimum absolute atomic E-state index is 0.233. The Morgan fingerprint density at radius 2 is 2.20 bits per heavy atom. The van der Waals surface area contributed by atoms with Crippen LogP contribution >= 0.6 is 0 Å². The highest BCUT2D eigenvalue weighted by Crippen LogP contribution is 1.85. The molecule has 0 spiro atoms. The summed E-state index contributed by atoms with van der Waals surface area (Å²) in [6.07, 6.45) is 4.71. The zero-order chi connectivity index (χ0) is 7.98. The van der Waals surface area contributed by atoms with Gasteiger partial charge >= 0.3 is 0 Å². The van der Waals surface area contributed by atoms with Gasteiger partial charge < -0.3 is 5.32 Å². The van der Waals surface area contributed by atoms with Crippen LogP contribution in [0.2, 0.25) is 0 Å². The molecule has 0 rings (SSSR count). The maximum absolute atomic E-state index is 10.6. The first kappa shape index (κ1) is 8.69. The van der Waals surface area contributed by atoms with Crippen molar-refractivity contribution in [2.45, 2.75) is 6.92 Å². The molecule has 0 radical (unpaired) electrons. The Balaban J connectivity index is 3.79. The first-order valence-corrected chi connectivity index (χ1v) is 2.95. The van der Waals surface area contributed by atoms with Gasteiger partial charge in [0.25, 0.3) is 0 Å². The number of carbonyl (C=O) groups excluding carboxylic acids is 1. The minimum Gasteiger partial charge on any atom is -0.323 e. The van der Waals surface area contributed by atoms with E-state index >= 15 is 0 Å². The van der Waals surface area contributed by atoms with E-state index in [0.717, 1.165) is 0 Å². The van der Waals surface area contributed by atoms with E-state index in [4.69, 9.17) is 0 Å². The van der Waals surface area contributed by atoms with E-state index in [-0.39, 0.29) is 5.91 Å². The molecule has 0 aromatic heterocycles. The van der Waals surface area contributed by atoms with Crippen molar-refractivity contribution in [1.29, 1.82) is 0 Å². The Morgan fingerprint density at radius 3 is 2.60 bits per heavy atom. The summed E-state index contributed by atoms with van der Waals surface area (Å²) in [6, 6.07) is 0. The molecule has 10 heavy (non-hydrogen) atoms. The van der Waals surface area contributed by atoms with E-state index in [1.54, 1.807) is 12.2 Å². The zero-order valence-corrected chi connectivity index (χ0v) is 6.05. The summed E-state index contributed by atoms with van der Waals surface area (Å²) in [7, 11) is 0. The second-order valence-electron chi connectivity index (χ2n) is 1.72. The van der Waals surface area contributed by atoms with Gasteiger partial charge in [0.15, 0.2) is 0 Å². The summed E-state index contributed by atoms with van der Waals surface area (Å²) in [5, 5.41) is 2.49. The lowest BCUT2D eigenvalue weighted by molar-refractivity contribution is -0.115. The van der Waals surface area contributed by atoms with E-state index in [9.17, 15) is 4.79 Å². The summed E-state index contributed by atoms with van der Waals surface area (Å²) in [5.41, 5.74) is 0.576. The van der Waals surface area contributed by atoms with Gasteiger partial charge in [-0.1, -0.05) is 19.2 Å². The molecule has 1 amide bonds. The Labute approximate surface area is 60.9 Å². The summed E-state index contributed by atoms with van der Waals surface area (Å²) in [5.74, 6) is -0.233. The lowest BCUT2D eigenvalue weighted by Gasteiger charge is -1.97. The van der Waals surface area contributed by atoms with E-state index in [1.807, 2.05) is 6.92 Å². The highest BCUT2D eigenvalue weighted by atomic mass is 16.1. The van der Waals surface area contributed by atoms with Crippen LogP contribution in [0.3, 0.4) is 0 Å². The molecule has 0 aromatic rings. The lowest BCUT2D eigenvalue weighted by Crippen LogP contribution is -2.17. The van der Waals surface area contributed by atoms with Gasteiger partial charge in [0, 0.05) is 5.70 Å². The predicted octanol–water partition coefficient (Wildman–Crippen LogP) is 1.38. The van der Waals surface area contributed by atoms with Gasteiger partial charge in [0.2, 0.25) is 5.91 Å². The van der Waals surface area contributed by atoms with E-state index in [1.165, 1.54) is 6.08 Å². The Morgan fingerprint density at radius 1 is 1.60 bits per heavy atom. The third kappa shape index (κ3) is 3.66. The molecule has 0 aliphatic heterocycles. The molecule has 0 aliphatic carbocycles. The molecule has 0 aromatic carbocycles. The first-order chi connectivity index (χ1) is 4.70. The number of nitrogens with one attached hydrogen (secondary N) is 1. The number of carbonyl (C=O) groups is 1. The van der Waals surface area contributed by atoms with E-state index in [2.05, 4.69) is 18.5 Å². The van der Waals surface area contributed by atoms with E-state index in [0.29, 0.717) is 5.70 Å². The van der Waals surface area contributed by atoms with Crippen LogP contribution in [0, 0.1) is 0 Å². The summed E-state index contributed by atoms with van der Waals surface area (Å²) in [6.45, 7) is 8.71. The maximum Gasteiger partial charge on any atom is 0.247 e. The monoisotopic (exact) mass is 137 g/mol. The molecular formula is C8H11NO. The molecule has 2 heteroatoms. The van der Waals surface area contributed by atoms with Crippen molar-refractivity contribution in [3.8, 4) is 0 Å². The fourth-order valence-corrected chi connectivity index (χ4v) is 0.452. The quantitative estimate of drug-likeness (QED) is 0.462. The molecule has 0 heterocycles. The molecule has 54 valence electrons. The lowest BCUT2D eigenvalue weighted by atomic mass is 10.4.